The van der Waals surface area contributed by atoms with E-state index in [2.05, 4.69) is 15.4 Å². The van der Waals surface area contributed by atoms with Gasteiger partial charge >= 0.3 is 12.1 Å². The molecular weight excluding hydrogens is 315 g/mol. The maximum Gasteiger partial charge on any atom is 0.416 e. The molecule has 2 N–H and O–H groups in total. The number of nitrogens with one attached hydrogen (secondary N) is 1. The summed E-state index contributed by atoms with van der Waals surface area (Å²) in [4.78, 5) is 11.1. The number of carbonyl (C=O) groups is 1. The predicted octanol–water partition coefficient (Wildman–Crippen LogP) is 2.98. The molecular formula is C14H12F3N3O3. The molecule has 0 amide bonds. The second kappa shape index (κ2) is 5.56. The van der Waals surface area contributed by atoms with Crippen LogP contribution in [0.4, 0.5) is 13.2 Å². The number of alkyl halides is 3. The SMILES string of the molecule is O=C(O)c1[nH]nnc1-c1cc(OCC2CC2)cc(C(F)(F)F)c1. The van der Waals surface area contributed by atoms with E-state index in [0.717, 1.165) is 25.0 Å². The molecule has 0 aliphatic heterocycles. The fourth-order valence-corrected chi connectivity index (χ4v) is 2.06. The van der Waals surface area contributed by atoms with E-state index >= 15 is 0 Å². The number of halogens is 3. The molecule has 0 bridgehead atoms. The number of benzene rings is 1. The zero-order chi connectivity index (χ0) is 16.6. The molecule has 122 valence electrons. The van der Waals surface area contributed by atoms with Gasteiger partial charge in [0, 0.05) is 5.56 Å². The summed E-state index contributed by atoms with van der Waals surface area (Å²) in [6, 6.07) is 3.06. The summed E-state index contributed by atoms with van der Waals surface area (Å²) < 4.78 is 44.5. The highest BCUT2D eigenvalue weighted by Crippen LogP contribution is 2.36. The van der Waals surface area contributed by atoms with Gasteiger partial charge in [-0.1, -0.05) is 5.21 Å². The lowest BCUT2D eigenvalue weighted by Crippen LogP contribution is -2.07. The first-order valence-electron chi connectivity index (χ1n) is 6.84. The van der Waals surface area contributed by atoms with E-state index in [1.807, 2.05) is 0 Å². The summed E-state index contributed by atoms with van der Waals surface area (Å²) >= 11 is 0. The quantitative estimate of drug-likeness (QED) is 0.881. The number of aromatic nitrogens is 3. The number of nitrogens with zero attached hydrogens (tertiary/aromatic N) is 2. The third-order valence-corrected chi connectivity index (χ3v) is 3.45. The second-order valence-electron chi connectivity index (χ2n) is 5.34. The Bertz CT molecular complexity index is 738. The Morgan fingerprint density at radius 1 is 1.35 bits per heavy atom. The van der Waals surface area contributed by atoms with Gasteiger partial charge in [0.1, 0.15) is 11.4 Å². The first kappa shape index (κ1) is 15.3. The molecule has 0 saturated heterocycles. The van der Waals surface area contributed by atoms with Crippen LogP contribution in [-0.4, -0.2) is 33.1 Å². The molecule has 1 aliphatic rings. The van der Waals surface area contributed by atoms with Crippen molar-refractivity contribution in [3.05, 3.63) is 29.5 Å². The minimum Gasteiger partial charge on any atom is -0.493 e. The molecule has 1 heterocycles. The molecule has 6 nitrogen and oxygen atoms in total. The number of carboxylic acid groups (broad SMARTS) is 1. The summed E-state index contributed by atoms with van der Waals surface area (Å²) in [7, 11) is 0. The highest BCUT2D eigenvalue weighted by molar-refractivity contribution is 5.92. The third-order valence-electron chi connectivity index (χ3n) is 3.45. The average molecular weight is 327 g/mol. The maximum absolute atomic E-state index is 13.0. The van der Waals surface area contributed by atoms with Gasteiger partial charge in [-0.3, -0.25) is 5.10 Å². The number of aromatic carboxylic acids is 1. The Balaban J connectivity index is 2.01. The number of rotatable bonds is 5. The molecule has 1 aliphatic carbocycles. The lowest BCUT2D eigenvalue weighted by molar-refractivity contribution is -0.137. The monoisotopic (exact) mass is 327 g/mol. The van der Waals surface area contributed by atoms with Crippen LogP contribution >= 0.6 is 0 Å². The molecule has 1 saturated carbocycles. The van der Waals surface area contributed by atoms with Gasteiger partial charge in [0.15, 0.2) is 5.69 Å². The van der Waals surface area contributed by atoms with Gasteiger partial charge < -0.3 is 9.84 Å². The van der Waals surface area contributed by atoms with E-state index in [0.29, 0.717) is 12.5 Å². The molecule has 0 spiro atoms. The zero-order valence-electron chi connectivity index (χ0n) is 11.7. The lowest BCUT2D eigenvalue weighted by atomic mass is 10.1. The second-order valence-corrected chi connectivity index (χ2v) is 5.34. The van der Waals surface area contributed by atoms with Gasteiger partial charge in [0.05, 0.1) is 12.2 Å². The molecule has 9 heteroatoms. The van der Waals surface area contributed by atoms with Crippen LogP contribution in [0.25, 0.3) is 11.3 Å². The molecule has 0 unspecified atom stereocenters. The van der Waals surface area contributed by atoms with E-state index in [4.69, 9.17) is 9.84 Å². The zero-order valence-corrected chi connectivity index (χ0v) is 11.7. The Kier molecular flexibility index (Phi) is 3.70. The fraction of sp³-hybridized carbons (Fsp3) is 0.357. The van der Waals surface area contributed by atoms with E-state index in [1.165, 1.54) is 6.07 Å². The highest BCUT2D eigenvalue weighted by Gasteiger charge is 2.32. The molecule has 1 aromatic carbocycles. The van der Waals surface area contributed by atoms with Crippen LogP contribution in [0.2, 0.25) is 0 Å². The number of ether oxygens (including phenoxy) is 1. The van der Waals surface area contributed by atoms with Gasteiger partial charge in [-0.2, -0.15) is 13.2 Å². The summed E-state index contributed by atoms with van der Waals surface area (Å²) in [5, 5.41) is 18.1. The average Bonchev–Trinajstić information content (AvgIpc) is 3.17. The van der Waals surface area contributed by atoms with Crippen molar-refractivity contribution in [2.75, 3.05) is 6.61 Å². The van der Waals surface area contributed by atoms with Crippen molar-refractivity contribution in [1.29, 1.82) is 0 Å². The van der Waals surface area contributed by atoms with Gasteiger partial charge in [-0.05, 0) is 37.0 Å². The number of hydrogen-bond donors (Lipinski definition) is 2. The summed E-state index contributed by atoms with van der Waals surface area (Å²) in [6.45, 7) is 0.339. The van der Waals surface area contributed by atoms with Crippen LogP contribution in [0.15, 0.2) is 18.2 Å². The standard InChI is InChI=1S/C14H12F3N3O3/c15-14(16,17)9-3-8(11-12(13(21)22)19-20-18-11)4-10(5-9)23-6-7-1-2-7/h3-5,7H,1-2,6H2,(H,21,22)(H,18,19,20). The van der Waals surface area contributed by atoms with Crippen LogP contribution in [0, 0.1) is 5.92 Å². The first-order valence-corrected chi connectivity index (χ1v) is 6.84. The van der Waals surface area contributed by atoms with E-state index < -0.39 is 17.7 Å². The lowest BCUT2D eigenvalue weighted by Gasteiger charge is -2.12. The molecule has 0 atom stereocenters. The Morgan fingerprint density at radius 3 is 2.70 bits per heavy atom. The van der Waals surface area contributed by atoms with Gasteiger partial charge in [-0.25, -0.2) is 4.79 Å². The highest BCUT2D eigenvalue weighted by atomic mass is 19.4. The van der Waals surface area contributed by atoms with Crippen LogP contribution in [0.5, 0.6) is 5.75 Å². The maximum atomic E-state index is 13.0. The van der Waals surface area contributed by atoms with Crippen LogP contribution in [-0.2, 0) is 6.18 Å². The third kappa shape index (κ3) is 3.43. The Hall–Kier alpha value is -2.58. The van der Waals surface area contributed by atoms with Crippen molar-refractivity contribution >= 4 is 5.97 Å². The van der Waals surface area contributed by atoms with E-state index in [9.17, 15) is 18.0 Å². The number of H-pyrrole nitrogens is 1. The molecule has 23 heavy (non-hydrogen) atoms. The van der Waals surface area contributed by atoms with Crippen LogP contribution < -0.4 is 4.74 Å². The normalized spacial score (nSPS) is 14.7. The van der Waals surface area contributed by atoms with Crippen molar-refractivity contribution in [1.82, 2.24) is 15.4 Å². The van der Waals surface area contributed by atoms with Gasteiger partial charge in [-0.15, -0.1) is 5.10 Å². The number of aromatic amines is 1. The Labute approximate surface area is 128 Å². The van der Waals surface area contributed by atoms with Crippen molar-refractivity contribution in [3.63, 3.8) is 0 Å². The molecule has 0 radical (unpaired) electrons. The fourth-order valence-electron chi connectivity index (χ4n) is 2.06. The number of carboxylic acids is 1. The van der Waals surface area contributed by atoms with Gasteiger partial charge in [0.2, 0.25) is 0 Å². The topological polar surface area (TPSA) is 88.1 Å². The van der Waals surface area contributed by atoms with E-state index in [1.54, 1.807) is 0 Å². The minimum absolute atomic E-state index is 0.0169. The Morgan fingerprint density at radius 2 is 2.09 bits per heavy atom. The largest absolute Gasteiger partial charge is 0.493 e. The molecule has 1 fully saturated rings. The number of hydrogen-bond acceptors (Lipinski definition) is 4. The van der Waals surface area contributed by atoms with E-state index in [-0.39, 0.29) is 22.7 Å². The van der Waals surface area contributed by atoms with Crippen molar-refractivity contribution in [2.45, 2.75) is 19.0 Å². The van der Waals surface area contributed by atoms with Crippen LogP contribution in [0.1, 0.15) is 28.9 Å². The van der Waals surface area contributed by atoms with Gasteiger partial charge in [0.25, 0.3) is 0 Å². The van der Waals surface area contributed by atoms with Crippen LogP contribution in [0.3, 0.4) is 0 Å². The molecule has 2 aromatic rings. The summed E-state index contributed by atoms with van der Waals surface area (Å²) in [6.07, 6.45) is -2.59. The summed E-state index contributed by atoms with van der Waals surface area (Å²) in [5.74, 6) is -0.960. The minimum atomic E-state index is -4.58. The smallest absolute Gasteiger partial charge is 0.416 e. The van der Waals surface area contributed by atoms with Crippen molar-refractivity contribution in [2.24, 2.45) is 5.92 Å². The van der Waals surface area contributed by atoms with Crippen molar-refractivity contribution < 1.29 is 27.8 Å². The first-order chi connectivity index (χ1) is 10.8. The molecule has 1 aromatic heterocycles. The molecule has 3 rings (SSSR count). The van der Waals surface area contributed by atoms with Crippen molar-refractivity contribution in [3.8, 4) is 17.0 Å². The summed E-state index contributed by atoms with van der Waals surface area (Å²) in [5.41, 5.74) is -1.49. The predicted molar refractivity (Wildman–Crippen MR) is 72.0 cm³/mol.